The minimum Gasteiger partial charge on any atom is -0.355 e. The topological polar surface area (TPSA) is 65.5 Å². The van der Waals surface area contributed by atoms with Crippen LogP contribution in [0, 0.1) is 0 Å². The van der Waals surface area contributed by atoms with Crippen molar-refractivity contribution >= 4 is 27.8 Å². The van der Waals surface area contributed by atoms with Gasteiger partial charge in [0.15, 0.2) is 5.96 Å². The van der Waals surface area contributed by atoms with Gasteiger partial charge >= 0.3 is 0 Å². The molecule has 1 saturated carbocycles. The fourth-order valence-corrected chi connectivity index (χ4v) is 2.78. The van der Waals surface area contributed by atoms with Gasteiger partial charge in [0.05, 0.1) is 0 Å². The van der Waals surface area contributed by atoms with Crippen molar-refractivity contribution in [3.63, 3.8) is 0 Å². The van der Waals surface area contributed by atoms with Crippen LogP contribution in [-0.4, -0.2) is 38.0 Å². The van der Waals surface area contributed by atoms with Gasteiger partial charge in [-0.3, -0.25) is 9.79 Å². The number of carbonyl (C=O) groups excluding carboxylic acids is 1. The number of guanidine groups is 1. The SMILES string of the molecule is CN=C(NCCNC(=O)c1ccc(Br)cc1)NC1CCCC1. The van der Waals surface area contributed by atoms with E-state index in [2.05, 4.69) is 36.9 Å². The number of nitrogens with zero attached hydrogens (tertiary/aromatic N) is 1. The number of carbonyl (C=O) groups is 1. The van der Waals surface area contributed by atoms with Gasteiger partial charge in [-0.1, -0.05) is 28.8 Å². The first-order valence-corrected chi connectivity index (χ1v) is 8.49. The standard InChI is InChI=1S/C16H23BrN4O/c1-18-16(21-14-4-2-3-5-14)20-11-10-19-15(22)12-6-8-13(17)9-7-12/h6-9,14H,2-5,10-11H2,1H3,(H,19,22)(H2,18,20,21). The Morgan fingerprint density at radius 2 is 1.82 bits per heavy atom. The summed E-state index contributed by atoms with van der Waals surface area (Å²) in [6.45, 7) is 1.20. The maximum atomic E-state index is 11.9. The molecular formula is C16H23BrN4O. The molecular weight excluding hydrogens is 344 g/mol. The van der Waals surface area contributed by atoms with Gasteiger partial charge in [0.25, 0.3) is 5.91 Å². The van der Waals surface area contributed by atoms with E-state index in [-0.39, 0.29) is 5.91 Å². The van der Waals surface area contributed by atoms with Crippen molar-refractivity contribution in [2.75, 3.05) is 20.1 Å². The number of hydrogen-bond donors (Lipinski definition) is 3. The zero-order chi connectivity index (χ0) is 15.8. The zero-order valence-electron chi connectivity index (χ0n) is 12.9. The van der Waals surface area contributed by atoms with Gasteiger partial charge in [-0.05, 0) is 37.1 Å². The van der Waals surface area contributed by atoms with Crippen molar-refractivity contribution in [2.24, 2.45) is 4.99 Å². The van der Waals surface area contributed by atoms with Gasteiger partial charge in [-0.15, -0.1) is 0 Å². The predicted molar refractivity (Wildman–Crippen MR) is 93.2 cm³/mol. The van der Waals surface area contributed by atoms with Crippen molar-refractivity contribution in [3.05, 3.63) is 34.3 Å². The molecule has 0 bridgehead atoms. The molecule has 0 radical (unpaired) electrons. The Bertz CT molecular complexity index is 509. The largest absolute Gasteiger partial charge is 0.355 e. The van der Waals surface area contributed by atoms with E-state index in [4.69, 9.17) is 0 Å². The molecule has 1 aromatic carbocycles. The normalized spacial score (nSPS) is 15.6. The molecule has 3 N–H and O–H groups in total. The van der Waals surface area contributed by atoms with Crippen LogP contribution in [0.1, 0.15) is 36.0 Å². The molecule has 5 nitrogen and oxygen atoms in total. The van der Waals surface area contributed by atoms with Gasteiger partial charge < -0.3 is 16.0 Å². The lowest BCUT2D eigenvalue weighted by Crippen LogP contribution is -2.44. The molecule has 1 aromatic rings. The van der Waals surface area contributed by atoms with Gasteiger partial charge in [0.2, 0.25) is 0 Å². The van der Waals surface area contributed by atoms with Crippen molar-refractivity contribution in [1.29, 1.82) is 0 Å². The van der Waals surface area contributed by atoms with Gasteiger partial charge in [0, 0.05) is 36.2 Å². The predicted octanol–water partition coefficient (Wildman–Crippen LogP) is 2.29. The van der Waals surface area contributed by atoms with Crippen molar-refractivity contribution < 1.29 is 4.79 Å². The van der Waals surface area contributed by atoms with Gasteiger partial charge in [0.1, 0.15) is 0 Å². The number of amides is 1. The third-order valence-electron chi connectivity index (χ3n) is 3.73. The average molecular weight is 367 g/mol. The summed E-state index contributed by atoms with van der Waals surface area (Å²) in [5, 5.41) is 9.53. The molecule has 0 aliphatic heterocycles. The van der Waals surface area contributed by atoms with Crippen LogP contribution in [0.25, 0.3) is 0 Å². The second-order valence-electron chi connectivity index (χ2n) is 5.39. The van der Waals surface area contributed by atoms with Crippen molar-refractivity contribution in [3.8, 4) is 0 Å². The van der Waals surface area contributed by atoms with E-state index in [1.807, 2.05) is 12.1 Å². The van der Waals surface area contributed by atoms with Crippen molar-refractivity contribution in [2.45, 2.75) is 31.7 Å². The minimum atomic E-state index is -0.0620. The fourth-order valence-electron chi connectivity index (χ4n) is 2.52. The number of rotatable bonds is 5. The third-order valence-corrected chi connectivity index (χ3v) is 4.26. The molecule has 0 saturated heterocycles. The number of aliphatic imine (C=N–C) groups is 1. The molecule has 0 atom stereocenters. The van der Waals surface area contributed by atoms with Crippen LogP contribution in [0.2, 0.25) is 0 Å². The van der Waals surface area contributed by atoms with E-state index in [1.165, 1.54) is 25.7 Å². The summed E-state index contributed by atoms with van der Waals surface area (Å²) in [6, 6.07) is 7.85. The molecule has 1 aliphatic carbocycles. The van der Waals surface area contributed by atoms with Crippen LogP contribution in [0.4, 0.5) is 0 Å². The summed E-state index contributed by atoms with van der Waals surface area (Å²) in [5.74, 6) is 0.748. The molecule has 1 fully saturated rings. The van der Waals surface area contributed by atoms with E-state index in [1.54, 1.807) is 19.2 Å². The lowest BCUT2D eigenvalue weighted by molar-refractivity contribution is 0.0954. The summed E-state index contributed by atoms with van der Waals surface area (Å²) >= 11 is 3.36. The van der Waals surface area contributed by atoms with E-state index >= 15 is 0 Å². The van der Waals surface area contributed by atoms with E-state index in [0.29, 0.717) is 24.7 Å². The lowest BCUT2D eigenvalue weighted by atomic mass is 10.2. The van der Waals surface area contributed by atoms with E-state index in [9.17, 15) is 4.79 Å². The zero-order valence-corrected chi connectivity index (χ0v) is 14.4. The highest BCUT2D eigenvalue weighted by molar-refractivity contribution is 9.10. The second kappa shape index (κ2) is 8.78. The summed E-state index contributed by atoms with van der Waals surface area (Å²) in [7, 11) is 1.77. The molecule has 2 rings (SSSR count). The molecule has 6 heteroatoms. The smallest absolute Gasteiger partial charge is 0.251 e. The summed E-state index contributed by atoms with van der Waals surface area (Å²) in [5.41, 5.74) is 0.664. The summed E-state index contributed by atoms with van der Waals surface area (Å²) in [4.78, 5) is 16.2. The van der Waals surface area contributed by atoms with Crippen LogP contribution in [-0.2, 0) is 0 Å². The molecule has 1 aliphatic rings. The van der Waals surface area contributed by atoms with Crippen LogP contribution < -0.4 is 16.0 Å². The maximum Gasteiger partial charge on any atom is 0.251 e. The third kappa shape index (κ3) is 5.33. The highest BCUT2D eigenvalue weighted by atomic mass is 79.9. The molecule has 0 unspecified atom stereocenters. The first-order chi connectivity index (χ1) is 10.7. The van der Waals surface area contributed by atoms with E-state index < -0.39 is 0 Å². The van der Waals surface area contributed by atoms with E-state index in [0.717, 1.165) is 10.4 Å². The second-order valence-corrected chi connectivity index (χ2v) is 6.30. The molecule has 120 valence electrons. The number of nitrogens with one attached hydrogen (secondary N) is 3. The molecule has 1 amide bonds. The highest BCUT2D eigenvalue weighted by Gasteiger charge is 2.15. The number of hydrogen-bond acceptors (Lipinski definition) is 2. The van der Waals surface area contributed by atoms with Gasteiger partial charge in [-0.25, -0.2) is 0 Å². The first-order valence-electron chi connectivity index (χ1n) is 7.70. The summed E-state index contributed by atoms with van der Waals surface area (Å²) in [6.07, 6.45) is 5.00. The van der Waals surface area contributed by atoms with Crippen LogP contribution >= 0.6 is 15.9 Å². The Morgan fingerprint density at radius 3 is 2.45 bits per heavy atom. The Kier molecular flexibility index (Phi) is 6.71. The maximum absolute atomic E-state index is 11.9. The minimum absolute atomic E-state index is 0.0620. The number of benzene rings is 1. The Balaban J connectivity index is 1.67. The Morgan fingerprint density at radius 1 is 1.18 bits per heavy atom. The Hall–Kier alpha value is -1.56. The quantitative estimate of drug-likeness (QED) is 0.425. The highest BCUT2D eigenvalue weighted by Crippen LogP contribution is 2.17. The van der Waals surface area contributed by atoms with Crippen molar-refractivity contribution in [1.82, 2.24) is 16.0 Å². The molecule has 22 heavy (non-hydrogen) atoms. The summed E-state index contributed by atoms with van der Waals surface area (Å²) < 4.78 is 0.965. The average Bonchev–Trinajstić information content (AvgIpc) is 3.03. The molecule has 0 spiro atoms. The van der Waals surface area contributed by atoms with Crippen LogP contribution in [0.3, 0.4) is 0 Å². The lowest BCUT2D eigenvalue weighted by Gasteiger charge is -2.16. The van der Waals surface area contributed by atoms with Crippen LogP contribution in [0.15, 0.2) is 33.7 Å². The molecule has 0 aromatic heterocycles. The Labute approximate surface area is 140 Å². The monoisotopic (exact) mass is 366 g/mol. The fraction of sp³-hybridized carbons (Fsp3) is 0.500. The number of halogens is 1. The van der Waals surface area contributed by atoms with Crippen LogP contribution in [0.5, 0.6) is 0 Å². The first kappa shape index (κ1) is 16.8. The van der Waals surface area contributed by atoms with Gasteiger partial charge in [-0.2, -0.15) is 0 Å². The molecule has 0 heterocycles.